The summed E-state index contributed by atoms with van der Waals surface area (Å²) in [6.07, 6.45) is 17.4. The molecule has 0 bridgehead atoms. The molecule has 4 heteroatoms. The molecule has 2 nitrogen and oxygen atoms in total. The van der Waals surface area contributed by atoms with E-state index >= 15 is 0 Å². The van der Waals surface area contributed by atoms with Gasteiger partial charge >= 0.3 is 5.97 Å². The molecule has 0 unspecified atom stereocenters. The van der Waals surface area contributed by atoms with E-state index in [1.807, 2.05) is 0 Å². The Labute approximate surface area is 174 Å². The number of thioether (sulfide) groups is 2. The predicted octanol–water partition coefficient (Wildman–Crippen LogP) is 6.30. The standard InChI is InChI=1S/C23H36O2S2/c1-15(24)25-17-8-11-21(2)16(14-17)6-7-18-19(21)9-12-22(3)20(18)10-13-23(22,26-4)27-5/h6,17-20H,7-14H2,1-5H3/t17-,18+,19-,20-,21-,22-/m0/s1. The molecule has 0 aromatic heterocycles. The Balaban J connectivity index is 1.60. The molecule has 0 spiro atoms. The molecular weight excluding hydrogens is 372 g/mol. The Hall–Kier alpha value is -0.0900. The second-order valence-corrected chi connectivity index (χ2v) is 12.4. The van der Waals surface area contributed by atoms with Crippen LogP contribution in [0, 0.1) is 28.6 Å². The summed E-state index contributed by atoms with van der Waals surface area (Å²) < 4.78 is 5.99. The van der Waals surface area contributed by atoms with Gasteiger partial charge in [-0.25, -0.2) is 0 Å². The smallest absolute Gasteiger partial charge is 0.302 e. The monoisotopic (exact) mass is 408 g/mol. The second kappa shape index (κ2) is 7.00. The van der Waals surface area contributed by atoms with Crippen LogP contribution in [0.3, 0.4) is 0 Å². The van der Waals surface area contributed by atoms with Gasteiger partial charge in [0.1, 0.15) is 6.10 Å². The number of hydrogen-bond acceptors (Lipinski definition) is 4. The first-order chi connectivity index (χ1) is 12.8. The second-order valence-electron chi connectivity index (χ2n) is 9.89. The van der Waals surface area contributed by atoms with Crippen LogP contribution in [0.5, 0.6) is 0 Å². The molecule has 0 radical (unpaired) electrons. The fraction of sp³-hybridized carbons (Fsp3) is 0.870. The summed E-state index contributed by atoms with van der Waals surface area (Å²) in [7, 11) is 0. The molecule has 0 amide bonds. The summed E-state index contributed by atoms with van der Waals surface area (Å²) in [5.41, 5.74) is 2.41. The van der Waals surface area contributed by atoms with Gasteiger partial charge in [-0.1, -0.05) is 25.5 Å². The van der Waals surface area contributed by atoms with Gasteiger partial charge in [-0.15, -0.1) is 23.5 Å². The number of hydrogen-bond donors (Lipinski definition) is 0. The third-order valence-corrected chi connectivity index (χ3v) is 12.8. The van der Waals surface area contributed by atoms with E-state index in [2.05, 4.69) is 56.0 Å². The van der Waals surface area contributed by atoms with Crippen LogP contribution in [0.25, 0.3) is 0 Å². The van der Waals surface area contributed by atoms with E-state index in [-0.39, 0.29) is 12.1 Å². The lowest BCUT2D eigenvalue weighted by Crippen LogP contribution is -2.53. The molecule has 6 atom stereocenters. The number of ether oxygens (including phenoxy) is 1. The minimum Gasteiger partial charge on any atom is -0.462 e. The number of carbonyl (C=O) groups is 1. The van der Waals surface area contributed by atoms with E-state index in [1.165, 1.54) is 38.5 Å². The first kappa shape index (κ1) is 20.2. The van der Waals surface area contributed by atoms with Crippen LogP contribution >= 0.6 is 23.5 Å². The van der Waals surface area contributed by atoms with Crippen molar-refractivity contribution in [3.05, 3.63) is 11.6 Å². The molecule has 27 heavy (non-hydrogen) atoms. The average molecular weight is 409 g/mol. The molecule has 3 fully saturated rings. The topological polar surface area (TPSA) is 26.3 Å². The van der Waals surface area contributed by atoms with Crippen LogP contribution in [0.1, 0.15) is 72.1 Å². The van der Waals surface area contributed by atoms with Gasteiger partial charge in [0.15, 0.2) is 0 Å². The third-order valence-electron chi connectivity index (χ3n) is 9.10. The van der Waals surface area contributed by atoms with Gasteiger partial charge in [-0.3, -0.25) is 4.79 Å². The zero-order valence-electron chi connectivity index (χ0n) is 17.7. The summed E-state index contributed by atoms with van der Waals surface area (Å²) >= 11 is 4.26. The third kappa shape index (κ3) is 2.86. The van der Waals surface area contributed by atoms with E-state index in [0.717, 1.165) is 30.6 Å². The zero-order chi connectivity index (χ0) is 19.4. The minimum atomic E-state index is -0.122. The predicted molar refractivity (Wildman–Crippen MR) is 117 cm³/mol. The van der Waals surface area contributed by atoms with Crippen LogP contribution in [0.4, 0.5) is 0 Å². The molecule has 0 aliphatic heterocycles. The Morgan fingerprint density at radius 2 is 1.78 bits per heavy atom. The molecular formula is C23H36O2S2. The van der Waals surface area contributed by atoms with Crippen molar-refractivity contribution >= 4 is 29.5 Å². The van der Waals surface area contributed by atoms with Gasteiger partial charge in [0.2, 0.25) is 0 Å². The van der Waals surface area contributed by atoms with Crippen molar-refractivity contribution in [1.82, 2.24) is 0 Å². The number of esters is 1. The summed E-state index contributed by atoms with van der Waals surface area (Å²) in [5.74, 6) is 2.43. The van der Waals surface area contributed by atoms with Gasteiger partial charge < -0.3 is 4.74 Å². The normalized spacial score (nSPS) is 45.3. The molecule has 0 aromatic carbocycles. The van der Waals surface area contributed by atoms with Crippen LogP contribution in [-0.2, 0) is 9.53 Å². The lowest BCUT2D eigenvalue weighted by atomic mass is 9.48. The highest BCUT2D eigenvalue weighted by molar-refractivity contribution is 8.17. The molecule has 0 saturated heterocycles. The van der Waals surface area contributed by atoms with E-state index in [0.29, 0.717) is 14.9 Å². The largest absolute Gasteiger partial charge is 0.462 e. The SMILES string of the molecule is CSC1(SC)CC[C@H]2[C@@H]3CC=C4C[C@@H](OC(C)=O)CC[C@]4(C)[C@H]3CC[C@@]21C. The Morgan fingerprint density at radius 1 is 1.07 bits per heavy atom. The molecule has 4 aliphatic rings. The van der Waals surface area contributed by atoms with Gasteiger partial charge in [0.25, 0.3) is 0 Å². The number of fused-ring (bicyclic) bond motifs is 5. The average Bonchev–Trinajstić information content (AvgIpc) is 2.94. The van der Waals surface area contributed by atoms with Crippen molar-refractivity contribution in [3.63, 3.8) is 0 Å². The van der Waals surface area contributed by atoms with Crippen molar-refractivity contribution in [2.75, 3.05) is 12.5 Å². The summed E-state index contributed by atoms with van der Waals surface area (Å²) in [5, 5.41) is 0. The van der Waals surface area contributed by atoms with Gasteiger partial charge in [0.05, 0.1) is 4.08 Å². The first-order valence-corrected chi connectivity index (χ1v) is 13.2. The lowest BCUT2D eigenvalue weighted by molar-refractivity contribution is -0.148. The number of rotatable bonds is 3. The quantitative estimate of drug-likeness (QED) is 0.311. The van der Waals surface area contributed by atoms with Crippen molar-refractivity contribution < 1.29 is 9.53 Å². The fourth-order valence-electron chi connectivity index (χ4n) is 7.67. The summed E-state index contributed by atoms with van der Waals surface area (Å²) in [6.45, 7) is 6.70. The van der Waals surface area contributed by atoms with E-state index in [9.17, 15) is 4.79 Å². The fourth-order valence-corrected chi connectivity index (χ4v) is 10.4. The highest BCUT2D eigenvalue weighted by atomic mass is 32.2. The zero-order valence-corrected chi connectivity index (χ0v) is 19.3. The highest BCUT2D eigenvalue weighted by Crippen LogP contribution is 2.71. The Kier molecular flexibility index (Phi) is 5.24. The molecule has 4 aliphatic carbocycles. The van der Waals surface area contributed by atoms with E-state index in [1.54, 1.807) is 12.5 Å². The van der Waals surface area contributed by atoms with Crippen LogP contribution in [-0.4, -0.2) is 28.7 Å². The van der Waals surface area contributed by atoms with Crippen molar-refractivity contribution in [1.29, 1.82) is 0 Å². The maximum Gasteiger partial charge on any atom is 0.302 e. The van der Waals surface area contributed by atoms with Gasteiger partial charge in [0, 0.05) is 13.3 Å². The Morgan fingerprint density at radius 3 is 2.44 bits per heavy atom. The number of carbonyl (C=O) groups excluding carboxylic acids is 1. The molecule has 3 saturated carbocycles. The van der Waals surface area contributed by atoms with Crippen molar-refractivity contribution in [2.24, 2.45) is 28.6 Å². The summed E-state index contributed by atoms with van der Waals surface area (Å²) in [6, 6.07) is 0. The van der Waals surface area contributed by atoms with Crippen LogP contribution in [0.15, 0.2) is 11.6 Å². The van der Waals surface area contributed by atoms with Crippen LogP contribution in [0.2, 0.25) is 0 Å². The van der Waals surface area contributed by atoms with E-state index < -0.39 is 0 Å². The minimum absolute atomic E-state index is 0.111. The van der Waals surface area contributed by atoms with Crippen molar-refractivity contribution in [2.45, 2.75) is 82.3 Å². The van der Waals surface area contributed by atoms with Crippen molar-refractivity contribution in [3.8, 4) is 0 Å². The van der Waals surface area contributed by atoms with Crippen LogP contribution < -0.4 is 0 Å². The molecule has 152 valence electrons. The molecule has 0 N–H and O–H groups in total. The molecule has 0 heterocycles. The van der Waals surface area contributed by atoms with Gasteiger partial charge in [-0.2, -0.15) is 0 Å². The number of allylic oxidation sites excluding steroid dienone is 1. The van der Waals surface area contributed by atoms with Gasteiger partial charge in [-0.05, 0) is 86.0 Å². The van der Waals surface area contributed by atoms with E-state index in [4.69, 9.17) is 4.74 Å². The Bertz CT molecular complexity index is 640. The lowest BCUT2D eigenvalue weighted by Gasteiger charge is -2.59. The molecule has 0 aromatic rings. The first-order valence-electron chi connectivity index (χ1n) is 10.8. The maximum absolute atomic E-state index is 11.4. The maximum atomic E-state index is 11.4. The summed E-state index contributed by atoms with van der Waals surface area (Å²) in [4.78, 5) is 11.4. The molecule has 4 rings (SSSR count). The highest BCUT2D eigenvalue weighted by Gasteiger charge is 2.63.